The largest absolute Gasteiger partial charge is 0.496 e. The van der Waals surface area contributed by atoms with Gasteiger partial charge in [-0.2, -0.15) is 10.5 Å². The highest BCUT2D eigenvalue weighted by Gasteiger charge is 2.22. The summed E-state index contributed by atoms with van der Waals surface area (Å²) in [7, 11) is 1.42. The quantitative estimate of drug-likeness (QED) is 0.802. The first-order valence-corrected chi connectivity index (χ1v) is 4.95. The number of rotatable bonds is 4. The molecule has 1 aromatic carbocycles. The maximum absolute atomic E-state index is 9.86. The highest BCUT2D eigenvalue weighted by atomic mass is 16.5. The fourth-order valence-electron chi connectivity index (χ4n) is 1.45. The van der Waals surface area contributed by atoms with Gasteiger partial charge in [0.1, 0.15) is 11.9 Å². The Labute approximate surface area is 99.1 Å². The summed E-state index contributed by atoms with van der Waals surface area (Å²) in [6.45, 7) is 0. The zero-order valence-electron chi connectivity index (χ0n) is 9.29. The average Bonchev–Trinajstić information content (AvgIpc) is 2.37. The number of hydrogen-bond donors (Lipinski definition) is 2. The molecule has 88 valence electrons. The number of methoxy groups -OCH3 is 1. The van der Waals surface area contributed by atoms with E-state index in [0.717, 1.165) is 0 Å². The van der Waals surface area contributed by atoms with Gasteiger partial charge in [-0.25, -0.2) is 0 Å². The van der Waals surface area contributed by atoms with Gasteiger partial charge in [-0.1, -0.05) is 0 Å². The summed E-state index contributed by atoms with van der Waals surface area (Å²) in [6.07, 6.45) is -2.65. The van der Waals surface area contributed by atoms with Crippen LogP contribution in [0.5, 0.6) is 5.75 Å². The Morgan fingerprint density at radius 1 is 1.35 bits per heavy atom. The topological polar surface area (TPSA) is 97.3 Å². The van der Waals surface area contributed by atoms with Crippen LogP contribution < -0.4 is 4.74 Å². The van der Waals surface area contributed by atoms with E-state index >= 15 is 0 Å². The van der Waals surface area contributed by atoms with E-state index in [1.807, 2.05) is 6.07 Å². The van der Waals surface area contributed by atoms with E-state index in [2.05, 4.69) is 0 Å². The van der Waals surface area contributed by atoms with Gasteiger partial charge in [0.15, 0.2) is 0 Å². The number of aliphatic hydroxyl groups is 2. The first kappa shape index (κ1) is 13.0. The van der Waals surface area contributed by atoms with Gasteiger partial charge in [-0.3, -0.25) is 0 Å². The van der Waals surface area contributed by atoms with E-state index in [4.69, 9.17) is 15.3 Å². The molecule has 2 N–H and O–H groups in total. The zero-order valence-corrected chi connectivity index (χ0v) is 9.29. The Bertz CT molecular complexity index is 474. The van der Waals surface area contributed by atoms with Gasteiger partial charge in [-0.05, 0) is 18.2 Å². The average molecular weight is 232 g/mol. The molecule has 0 heterocycles. The molecule has 5 nitrogen and oxygen atoms in total. The number of aliphatic hydroxyl groups excluding tert-OH is 2. The van der Waals surface area contributed by atoms with Crippen molar-refractivity contribution in [1.82, 2.24) is 0 Å². The summed E-state index contributed by atoms with van der Waals surface area (Å²) in [5.74, 6) is 0.369. The molecule has 0 saturated carbocycles. The van der Waals surface area contributed by atoms with Crippen molar-refractivity contribution in [1.29, 1.82) is 10.5 Å². The third-order valence-electron chi connectivity index (χ3n) is 2.34. The molecule has 1 aromatic rings. The number of benzene rings is 1. The molecular formula is C12H12N2O3. The van der Waals surface area contributed by atoms with Crippen LogP contribution in [0.2, 0.25) is 0 Å². The van der Waals surface area contributed by atoms with Gasteiger partial charge in [0.2, 0.25) is 0 Å². The molecule has 0 aliphatic rings. The van der Waals surface area contributed by atoms with Crippen LogP contribution in [0.25, 0.3) is 0 Å². The van der Waals surface area contributed by atoms with Gasteiger partial charge in [0, 0.05) is 5.56 Å². The van der Waals surface area contributed by atoms with Crippen LogP contribution in [0.3, 0.4) is 0 Å². The Morgan fingerprint density at radius 2 is 2.06 bits per heavy atom. The summed E-state index contributed by atoms with van der Waals surface area (Å²) in [5, 5.41) is 36.6. The van der Waals surface area contributed by atoms with E-state index < -0.39 is 12.2 Å². The van der Waals surface area contributed by atoms with Crippen molar-refractivity contribution >= 4 is 0 Å². The van der Waals surface area contributed by atoms with E-state index in [-0.39, 0.29) is 6.42 Å². The first-order valence-electron chi connectivity index (χ1n) is 4.95. The van der Waals surface area contributed by atoms with Crippen LogP contribution in [-0.4, -0.2) is 23.4 Å². The van der Waals surface area contributed by atoms with Crippen molar-refractivity contribution in [2.45, 2.75) is 18.6 Å². The Kier molecular flexibility index (Phi) is 4.47. The van der Waals surface area contributed by atoms with Crippen molar-refractivity contribution < 1.29 is 14.9 Å². The Morgan fingerprint density at radius 3 is 2.59 bits per heavy atom. The zero-order chi connectivity index (χ0) is 12.8. The first-order chi connectivity index (χ1) is 8.13. The summed E-state index contributed by atoms with van der Waals surface area (Å²) >= 11 is 0. The maximum Gasteiger partial charge on any atom is 0.124 e. The van der Waals surface area contributed by atoms with Gasteiger partial charge < -0.3 is 14.9 Å². The summed E-state index contributed by atoms with van der Waals surface area (Å²) in [6, 6.07) is 8.22. The molecule has 0 amide bonds. The van der Waals surface area contributed by atoms with E-state index in [0.29, 0.717) is 16.9 Å². The molecule has 1 rings (SSSR count). The smallest absolute Gasteiger partial charge is 0.124 e. The molecule has 0 bridgehead atoms. The SMILES string of the molecule is COc1ccc(C#N)cc1C(O)C(O)CC#N. The number of nitrogens with zero attached hydrogens (tertiary/aromatic N) is 2. The lowest BCUT2D eigenvalue weighted by Gasteiger charge is -2.18. The van der Waals surface area contributed by atoms with Gasteiger partial charge in [0.05, 0.1) is 37.3 Å². The minimum atomic E-state index is -1.25. The van der Waals surface area contributed by atoms with Crippen molar-refractivity contribution in [2.24, 2.45) is 0 Å². The van der Waals surface area contributed by atoms with Crippen LogP contribution in [0.4, 0.5) is 0 Å². The van der Waals surface area contributed by atoms with Crippen molar-refractivity contribution in [3.63, 3.8) is 0 Å². The van der Waals surface area contributed by atoms with E-state index in [9.17, 15) is 10.2 Å². The minimum Gasteiger partial charge on any atom is -0.496 e. The minimum absolute atomic E-state index is 0.193. The maximum atomic E-state index is 9.86. The molecule has 5 heteroatoms. The Balaban J connectivity index is 3.11. The fraction of sp³-hybridized carbons (Fsp3) is 0.333. The lowest BCUT2D eigenvalue weighted by atomic mass is 9.99. The van der Waals surface area contributed by atoms with Crippen molar-refractivity contribution in [3.05, 3.63) is 29.3 Å². The highest BCUT2D eigenvalue weighted by Crippen LogP contribution is 2.29. The third kappa shape index (κ3) is 2.94. The molecule has 17 heavy (non-hydrogen) atoms. The molecule has 0 aliphatic carbocycles. The summed E-state index contributed by atoms with van der Waals surface area (Å²) in [4.78, 5) is 0. The molecule has 0 aromatic heterocycles. The number of ether oxygens (including phenoxy) is 1. The molecule has 0 aliphatic heterocycles. The molecule has 0 radical (unpaired) electrons. The standard InChI is InChI=1S/C12H12N2O3/c1-17-11-3-2-8(7-14)6-9(11)12(16)10(15)4-5-13/h2-3,6,10,12,15-16H,4H2,1H3. The molecule has 2 atom stereocenters. The molecule has 2 unspecified atom stereocenters. The number of nitriles is 2. The molecular weight excluding hydrogens is 220 g/mol. The van der Waals surface area contributed by atoms with Gasteiger partial charge >= 0.3 is 0 Å². The second kappa shape index (κ2) is 5.86. The molecule has 0 fully saturated rings. The van der Waals surface area contributed by atoms with Crippen LogP contribution >= 0.6 is 0 Å². The van der Waals surface area contributed by atoms with E-state index in [1.54, 1.807) is 12.1 Å². The van der Waals surface area contributed by atoms with Crippen molar-refractivity contribution in [2.75, 3.05) is 7.11 Å². The van der Waals surface area contributed by atoms with Crippen LogP contribution in [-0.2, 0) is 0 Å². The summed E-state index contributed by atoms with van der Waals surface area (Å²) in [5.41, 5.74) is 0.651. The summed E-state index contributed by atoms with van der Waals surface area (Å²) < 4.78 is 5.03. The predicted octanol–water partition coefficient (Wildman–Crippen LogP) is 0.875. The van der Waals surface area contributed by atoms with E-state index in [1.165, 1.54) is 19.2 Å². The second-order valence-electron chi connectivity index (χ2n) is 3.44. The third-order valence-corrected chi connectivity index (χ3v) is 2.34. The van der Waals surface area contributed by atoms with Crippen LogP contribution in [0.15, 0.2) is 18.2 Å². The highest BCUT2D eigenvalue weighted by molar-refractivity contribution is 5.43. The van der Waals surface area contributed by atoms with Crippen molar-refractivity contribution in [3.8, 4) is 17.9 Å². The van der Waals surface area contributed by atoms with Gasteiger partial charge in [0.25, 0.3) is 0 Å². The predicted molar refractivity (Wildman–Crippen MR) is 58.9 cm³/mol. The fourth-order valence-corrected chi connectivity index (χ4v) is 1.45. The molecule has 0 spiro atoms. The normalized spacial score (nSPS) is 13.2. The van der Waals surface area contributed by atoms with Crippen LogP contribution in [0, 0.1) is 22.7 Å². The monoisotopic (exact) mass is 232 g/mol. The Hall–Kier alpha value is -2.08. The van der Waals surface area contributed by atoms with Gasteiger partial charge in [-0.15, -0.1) is 0 Å². The lowest BCUT2D eigenvalue weighted by Crippen LogP contribution is -2.18. The van der Waals surface area contributed by atoms with Crippen LogP contribution in [0.1, 0.15) is 23.7 Å². The molecule has 0 saturated heterocycles. The lowest BCUT2D eigenvalue weighted by molar-refractivity contribution is 0.0202. The number of hydrogen-bond acceptors (Lipinski definition) is 5. The second-order valence-corrected chi connectivity index (χ2v) is 3.44.